The molecule has 5 aliphatic rings. The Morgan fingerprint density at radius 3 is 1.77 bits per heavy atom. The Morgan fingerprint density at radius 1 is 0.606 bits per heavy atom. The molecule has 4 aliphatic heterocycles. The van der Waals surface area contributed by atoms with Crippen LogP contribution in [-0.4, -0.2) is 250 Å². The molecule has 1 spiro atoms. The number of fused-ring (bicyclic) bond motifs is 2. The number of nitrogens with one attached hydrogen (secondary N) is 3. The van der Waals surface area contributed by atoms with Crippen molar-refractivity contribution in [2.75, 3.05) is 75.0 Å². The molecule has 2 aromatic rings. The van der Waals surface area contributed by atoms with Gasteiger partial charge in [0.2, 0.25) is 70.9 Å². The Bertz CT molecular complexity index is 3500. The quantitative estimate of drug-likeness (QED) is 0.197. The molecule has 3 N–H and O–H groups in total. The lowest BCUT2D eigenvalue weighted by Gasteiger charge is -2.45. The highest BCUT2D eigenvalue weighted by Gasteiger charge is 2.52. The number of benzene rings is 2. The number of nitrogens with zero attached hydrogens (tertiary/aromatic N) is 9. The molecule has 12 amide bonds. The van der Waals surface area contributed by atoms with Gasteiger partial charge in [-0.05, 0) is 124 Å². The van der Waals surface area contributed by atoms with Crippen LogP contribution in [0.4, 0.5) is 26.3 Å². The van der Waals surface area contributed by atoms with Gasteiger partial charge < -0.3 is 60.0 Å². The summed E-state index contributed by atoms with van der Waals surface area (Å²) in [4.78, 5) is 191. The average Bonchev–Trinajstić information content (AvgIpc) is 1.71. The minimum absolute atomic E-state index is 0.00877. The van der Waals surface area contributed by atoms with Crippen molar-refractivity contribution in [3.63, 3.8) is 0 Å². The Kier molecular flexibility index (Phi) is 27.9. The predicted octanol–water partition coefficient (Wildman–Crippen LogP) is 6.32. The Morgan fingerprint density at radius 2 is 1.21 bits per heavy atom. The molecule has 2 aromatic carbocycles. The fourth-order valence-electron chi connectivity index (χ4n) is 14.7. The van der Waals surface area contributed by atoms with Crippen molar-refractivity contribution >= 4 is 82.5 Å². The molecule has 0 unspecified atom stereocenters. The Labute approximate surface area is 609 Å². The van der Waals surface area contributed by atoms with Gasteiger partial charge in [0.25, 0.3) is 0 Å². The van der Waals surface area contributed by atoms with Gasteiger partial charge in [0.15, 0.2) is 0 Å². The van der Waals surface area contributed by atoms with E-state index in [4.69, 9.17) is 11.6 Å². The van der Waals surface area contributed by atoms with Crippen molar-refractivity contribution in [3.8, 4) is 0 Å². The average molecular weight is 1490 g/mol. The molecule has 5 fully saturated rings. The minimum Gasteiger partial charge on any atom is -0.343 e. The molecule has 4 heterocycles. The molecule has 0 bridgehead atoms. The summed E-state index contributed by atoms with van der Waals surface area (Å²) in [5.41, 5.74) is -3.40. The molecule has 24 nitrogen and oxygen atoms in total. The molecule has 1 saturated carbocycles. The van der Waals surface area contributed by atoms with Crippen LogP contribution in [0.25, 0.3) is 0 Å². The number of carbonyl (C=O) groups is 12. The summed E-state index contributed by atoms with van der Waals surface area (Å²) >= 11 is 6.13. The molecule has 4 saturated heterocycles. The maximum absolute atomic E-state index is 15.5. The standard InChI is InChI=1S/C73H103ClF6N12O12/c1-14-43(5)59-68(102)85(9)45(7)63(97)92-36-30-53(92)66(100)87(11)55(39-47-22-26-48(27-23-47)72(75,76)77)65(99)84(8)41-57(93)81-51(29-25-46-24-28-49(50(74)38-46)73(78,79)80)64(98)91-35-20-21-52(91)62(96)83-71(31-16-17-32-71)70(104)89(13)60(44(6)15-2)69(103)88(12)56(67(101)90-33-18-19-34-90)40-58(94)86(10)54(37-42(3)4)61(95)82-59/h22-24,26-28,38,42-45,51-56,59-60H,14-21,25,29-37,39-41H2,1-13H3,(H,81,93)(H,82,95)(H,83,96)/t43-,44-,45-,51-,52-,53-,54-,55-,56-,59-,60-/m0/s1. The maximum atomic E-state index is 15.5. The van der Waals surface area contributed by atoms with Gasteiger partial charge in [-0.1, -0.05) is 97.0 Å². The number of likely N-dealkylation sites (tertiary alicyclic amines) is 1. The largest absolute Gasteiger partial charge is 0.417 e. The highest BCUT2D eigenvalue weighted by atomic mass is 35.5. The zero-order valence-electron chi connectivity index (χ0n) is 61.9. The number of rotatable bonds is 12. The number of alkyl halides is 6. The van der Waals surface area contributed by atoms with Crippen LogP contribution in [0.1, 0.15) is 161 Å². The van der Waals surface area contributed by atoms with Crippen LogP contribution in [0.2, 0.25) is 5.02 Å². The van der Waals surface area contributed by atoms with Gasteiger partial charge in [-0.3, -0.25) is 57.5 Å². The van der Waals surface area contributed by atoms with E-state index in [1.54, 1.807) is 25.7 Å². The second-order valence-electron chi connectivity index (χ2n) is 29.4. The predicted molar refractivity (Wildman–Crippen MR) is 373 cm³/mol. The molecule has 0 aromatic heterocycles. The molecular formula is C73H103ClF6N12O12. The normalized spacial score (nSPS) is 26.4. The van der Waals surface area contributed by atoms with E-state index in [-0.39, 0.29) is 81.5 Å². The Balaban J connectivity index is 1.31. The lowest BCUT2D eigenvalue weighted by atomic mass is 9.90. The van der Waals surface area contributed by atoms with E-state index < -0.39 is 191 Å². The van der Waals surface area contributed by atoms with Crippen molar-refractivity contribution in [2.45, 2.75) is 223 Å². The number of halogens is 7. The van der Waals surface area contributed by atoms with E-state index in [1.807, 2.05) is 20.8 Å². The van der Waals surface area contributed by atoms with Crippen molar-refractivity contribution in [3.05, 3.63) is 69.7 Å². The molecule has 7 rings (SSSR count). The van der Waals surface area contributed by atoms with E-state index in [0.717, 1.165) is 57.2 Å². The van der Waals surface area contributed by atoms with Crippen LogP contribution in [0, 0.1) is 17.8 Å². The van der Waals surface area contributed by atoms with E-state index in [0.29, 0.717) is 51.6 Å². The summed E-state index contributed by atoms with van der Waals surface area (Å²) < 4.78 is 83.2. The molecule has 0 radical (unpaired) electrons. The van der Waals surface area contributed by atoms with Crippen molar-refractivity contribution in [2.24, 2.45) is 17.8 Å². The molecule has 11 atom stereocenters. The summed E-state index contributed by atoms with van der Waals surface area (Å²) in [5.74, 6) is -10.4. The zero-order chi connectivity index (χ0) is 77.4. The number of amides is 12. The SMILES string of the molecule is CC[C@H](C)[C@@H]1NC(=O)[C@H](CC(C)C)N(C)C(=O)C[C@@H](C(=O)N2CCCC2)N(C)C(=O)[C@H]([C@@H](C)CC)N(C)C(=O)C2(CCCC2)NC(=O)[C@@H]2CCCN2C(=O)[C@H](CCc2ccc(C(F)(F)F)c(Cl)c2)NC(=O)CN(C)C(=O)[C@H](Cc2ccc(C(F)(F)F)cc2)N(C)C(=O)[C@@H]2CCN2C(=O)[C@H](C)N(C)C1=O. The number of hydrogen-bond acceptors (Lipinski definition) is 12. The molecule has 104 heavy (non-hydrogen) atoms. The Hall–Kier alpha value is -8.05. The first-order chi connectivity index (χ1) is 48.7. The van der Waals surface area contributed by atoms with Gasteiger partial charge in [0.1, 0.15) is 59.9 Å². The summed E-state index contributed by atoms with van der Waals surface area (Å²) in [6, 6.07) is -5.41. The topological polar surface area (TPSA) is 270 Å². The van der Waals surface area contributed by atoms with Crippen LogP contribution in [0.3, 0.4) is 0 Å². The third-order valence-corrected chi connectivity index (χ3v) is 22.2. The van der Waals surface area contributed by atoms with E-state index in [9.17, 15) is 59.9 Å². The van der Waals surface area contributed by atoms with Gasteiger partial charge in [0.05, 0.1) is 29.1 Å². The number of likely N-dealkylation sites (N-methyl/N-ethyl adjacent to an activating group) is 6. The molecule has 576 valence electrons. The fraction of sp³-hybridized carbons (Fsp3) is 0.671. The fourth-order valence-corrected chi connectivity index (χ4v) is 15.0. The molecular weight excluding hydrogens is 1390 g/mol. The monoisotopic (exact) mass is 1490 g/mol. The van der Waals surface area contributed by atoms with Gasteiger partial charge in [0, 0.05) is 74.9 Å². The van der Waals surface area contributed by atoms with E-state index >= 15 is 24.0 Å². The van der Waals surface area contributed by atoms with Crippen LogP contribution < -0.4 is 16.0 Å². The van der Waals surface area contributed by atoms with Gasteiger partial charge >= 0.3 is 12.4 Å². The second-order valence-corrected chi connectivity index (χ2v) is 29.8. The van der Waals surface area contributed by atoms with Crippen LogP contribution in [-0.2, 0) is 82.7 Å². The molecule has 1 aliphatic carbocycles. The summed E-state index contributed by atoms with van der Waals surface area (Å²) in [6.07, 6.45) is -7.48. The number of aryl methyl sites for hydroxylation is 1. The van der Waals surface area contributed by atoms with Gasteiger partial charge in [-0.15, -0.1) is 0 Å². The maximum Gasteiger partial charge on any atom is 0.417 e. The van der Waals surface area contributed by atoms with Crippen molar-refractivity contribution in [1.29, 1.82) is 0 Å². The first-order valence-corrected chi connectivity index (χ1v) is 36.5. The van der Waals surface area contributed by atoms with Crippen molar-refractivity contribution in [1.82, 2.24) is 60.0 Å². The zero-order valence-corrected chi connectivity index (χ0v) is 62.6. The lowest BCUT2D eigenvalue weighted by Crippen LogP contribution is -2.65. The third kappa shape index (κ3) is 19.1. The van der Waals surface area contributed by atoms with E-state index in [1.165, 1.54) is 73.7 Å². The third-order valence-electron chi connectivity index (χ3n) is 21.9. The van der Waals surface area contributed by atoms with Crippen LogP contribution >= 0.6 is 11.6 Å². The summed E-state index contributed by atoms with van der Waals surface area (Å²) in [5, 5.41) is 7.88. The first-order valence-electron chi connectivity index (χ1n) is 36.1. The van der Waals surface area contributed by atoms with Gasteiger partial charge in [-0.25, -0.2) is 0 Å². The lowest BCUT2D eigenvalue weighted by molar-refractivity contribution is -0.160. The van der Waals surface area contributed by atoms with E-state index in [2.05, 4.69) is 16.0 Å². The minimum atomic E-state index is -4.81. The number of carbonyl (C=O) groups excluding carboxylic acids is 12. The number of hydrogen-bond donors (Lipinski definition) is 3. The van der Waals surface area contributed by atoms with Crippen molar-refractivity contribution < 1.29 is 83.9 Å². The summed E-state index contributed by atoms with van der Waals surface area (Å²) in [7, 11) is 8.01. The highest BCUT2D eigenvalue weighted by Crippen LogP contribution is 2.38. The second kappa shape index (κ2) is 34.9. The smallest absolute Gasteiger partial charge is 0.343 e. The van der Waals surface area contributed by atoms with Crippen LogP contribution in [0.5, 0.6) is 0 Å². The summed E-state index contributed by atoms with van der Waals surface area (Å²) in [6.45, 7) is 12.0. The first kappa shape index (κ1) is 83.2. The van der Waals surface area contributed by atoms with Gasteiger partial charge in [-0.2, -0.15) is 26.3 Å². The highest BCUT2D eigenvalue weighted by molar-refractivity contribution is 6.31. The van der Waals surface area contributed by atoms with Crippen LogP contribution in [0.15, 0.2) is 42.5 Å². The molecule has 31 heteroatoms.